The predicted molar refractivity (Wildman–Crippen MR) is 104 cm³/mol. The number of rotatable bonds is 6. The fourth-order valence-corrected chi connectivity index (χ4v) is 3.22. The zero-order chi connectivity index (χ0) is 17.6. The van der Waals surface area contributed by atoms with Crippen LogP contribution in [0.4, 0.5) is 0 Å². The first kappa shape index (κ1) is 18.5. The van der Waals surface area contributed by atoms with E-state index in [1.165, 1.54) is 16.0 Å². The van der Waals surface area contributed by atoms with Gasteiger partial charge in [-0.05, 0) is 19.4 Å². The van der Waals surface area contributed by atoms with Gasteiger partial charge in [-0.2, -0.15) is 0 Å². The summed E-state index contributed by atoms with van der Waals surface area (Å²) in [6, 6.07) is 8.75. The summed E-state index contributed by atoms with van der Waals surface area (Å²) in [6.07, 6.45) is 2.84. The molecule has 1 heterocycles. The number of nitrogens with one attached hydrogen (secondary N) is 2. The van der Waals surface area contributed by atoms with Gasteiger partial charge in [0, 0.05) is 43.0 Å². The molecule has 0 aliphatic carbocycles. The maximum absolute atomic E-state index is 4.39. The molecule has 0 atom stereocenters. The third-order valence-corrected chi connectivity index (χ3v) is 5.03. The number of thiazole rings is 1. The van der Waals surface area contributed by atoms with E-state index in [0.29, 0.717) is 0 Å². The Labute approximate surface area is 149 Å². The van der Waals surface area contributed by atoms with E-state index in [1.807, 2.05) is 13.2 Å². The number of hydrogen-bond acceptors (Lipinski definition) is 3. The molecule has 0 radical (unpaired) electrons. The van der Waals surface area contributed by atoms with Crippen LogP contribution in [0.15, 0.2) is 35.5 Å². The monoisotopic (exact) mass is 344 g/mol. The molecule has 1 aromatic carbocycles. The van der Waals surface area contributed by atoms with Gasteiger partial charge in [-0.25, -0.2) is 4.98 Å². The van der Waals surface area contributed by atoms with Crippen molar-refractivity contribution in [1.29, 1.82) is 0 Å². The van der Waals surface area contributed by atoms with E-state index in [0.717, 1.165) is 30.5 Å². The first-order valence-corrected chi connectivity index (χ1v) is 9.15. The summed E-state index contributed by atoms with van der Waals surface area (Å²) in [7, 11) is 1.81. The van der Waals surface area contributed by atoms with Crippen LogP contribution in [0.2, 0.25) is 0 Å². The molecule has 0 unspecified atom stereocenters. The van der Waals surface area contributed by atoms with Gasteiger partial charge in [-0.15, -0.1) is 11.3 Å². The summed E-state index contributed by atoms with van der Waals surface area (Å²) in [6.45, 7) is 10.4. The molecule has 0 saturated heterocycles. The first-order valence-electron chi connectivity index (χ1n) is 8.34. The minimum atomic E-state index is 0.0394. The van der Waals surface area contributed by atoms with E-state index in [9.17, 15) is 0 Å². The Hall–Kier alpha value is -1.88. The maximum Gasteiger partial charge on any atom is 0.191 e. The second-order valence-corrected chi connectivity index (χ2v) is 8.04. The van der Waals surface area contributed by atoms with Gasteiger partial charge < -0.3 is 10.6 Å². The van der Waals surface area contributed by atoms with Crippen molar-refractivity contribution in [2.45, 2.75) is 39.5 Å². The minimum Gasteiger partial charge on any atom is -0.356 e. The van der Waals surface area contributed by atoms with Crippen molar-refractivity contribution in [3.8, 4) is 0 Å². The highest BCUT2D eigenvalue weighted by atomic mass is 32.1. The van der Waals surface area contributed by atoms with Crippen molar-refractivity contribution < 1.29 is 0 Å². The standard InChI is InChI=1S/C19H28N4S/c1-14-6-8-16(9-7-14)19(3,4)13-23-18(20-5)21-11-10-17-22-12-15(2)24-17/h6-9,12H,10-11,13H2,1-5H3,(H2,20,21,23). The van der Waals surface area contributed by atoms with Gasteiger partial charge in [0.25, 0.3) is 0 Å². The third-order valence-electron chi connectivity index (χ3n) is 4.05. The molecule has 0 saturated carbocycles. The van der Waals surface area contributed by atoms with Crippen molar-refractivity contribution in [1.82, 2.24) is 15.6 Å². The lowest BCUT2D eigenvalue weighted by atomic mass is 9.84. The van der Waals surface area contributed by atoms with Gasteiger partial charge in [0.15, 0.2) is 5.96 Å². The van der Waals surface area contributed by atoms with Crippen LogP contribution in [0.1, 0.15) is 34.9 Å². The molecule has 24 heavy (non-hydrogen) atoms. The Morgan fingerprint density at radius 2 is 1.88 bits per heavy atom. The molecule has 1 aromatic heterocycles. The summed E-state index contributed by atoms with van der Waals surface area (Å²) < 4.78 is 0. The molecular weight excluding hydrogens is 316 g/mol. The second kappa shape index (κ2) is 8.29. The molecule has 0 fully saturated rings. The van der Waals surface area contributed by atoms with Crippen molar-refractivity contribution in [3.05, 3.63) is 51.5 Å². The number of guanidine groups is 1. The summed E-state index contributed by atoms with van der Waals surface area (Å²) in [5, 5.41) is 7.96. The topological polar surface area (TPSA) is 49.3 Å². The normalized spacial score (nSPS) is 12.3. The number of aryl methyl sites for hydroxylation is 2. The SMILES string of the molecule is CN=C(NCCc1ncc(C)s1)NCC(C)(C)c1ccc(C)cc1. The first-order chi connectivity index (χ1) is 11.4. The van der Waals surface area contributed by atoms with E-state index in [-0.39, 0.29) is 5.41 Å². The highest BCUT2D eigenvalue weighted by molar-refractivity contribution is 7.11. The van der Waals surface area contributed by atoms with Gasteiger partial charge in [0.2, 0.25) is 0 Å². The predicted octanol–water partition coefficient (Wildman–Crippen LogP) is 3.45. The molecule has 2 rings (SSSR count). The van der Waals surface area contributed by atoms with Crippen LogP contribution in [-0.2, 0) is 11.8 Å². The second-order valence-electron chi connectivity index (χ2n) is 6.72. The zero-order valence-corrected chi connectivity index (χ0v) is 16.1. The van der Waals surface area contributed by atoms with Crippen molar-refractivity contribution in [3.63, 3.8) is 0 Å². The fraction of sp³-hybridized carbons (Fsp3) is 0.474. The van der Waals surface area contributed by atoms with E-state index in [2.05, 4.69) is 72.6 Å². The van der Waals surface area contributed by atoms with Crippen LogP contribution in [0.25, 0.3) is 0 Å². The molecule has 4 nitrogen and oxygen atoms in total. The molecule has 0 aliphatic heterocycles. The van der Waals surface area contributed by atoms with Gasteiger partial charge in [-0.3, -0.25) is 4.99 Å². The molecule has 130 valence electrons. The zero-order valence-electron chi connectivity index (χ0n) is 15.3. The van der Waals surface area contributed by atoms with E-state index >= 15 is 0 Å². The summed E-state index contributed by atoms with van der Waals surface area (Å²) >= 11 is 1.75. The Bertz CT molecular complexity index is 671. The smallest absolute Gasteiger partial charge is 0.191 e. The van der Waals surface area contributed by atoms with E-state index < -0.39 is 0 Å². The molecule has 0 spiro atoms. The van der Waals surface area contributed by atoms with Crippen molar-refractivity contribution >= 4 is 17.3 Å². The van der Waals surface area contributed by atoms with Crippen LogP contribution >= 0.6 is 11.3 Å². The molecule has 0 aliphatic rings. The molecule has 2 N–H and O–H groups in total. The molecule has 0 bridgehead atoms. The van der Waals surface area contributed by atoms with Gasteiger partial charge in [-0.1, -0.05) is 43.7 Å². The number of nitrogens with zero attached hydrogens (tertiary/aromatic N) is 2. The number of benzene rings is 1. The summed E-state index contributed by atoms with van der Waals surface area (Å²) in [5.41, 5.74) is 2.66. The van der Waals surface area contributed by atoms with Gasteiger partial charge in [0.1, 0.15) is 0 Å². The van der Waals surface area contributed by atoms with Crippen LogP contribution < -0.4 is 10.6 Å². The Morgan fingerprint density at radius 1 is 1.17 bits per heavy atom. The molecule has 0 amide bonds. The third kappa shape index (κ3) is 5.34. The van der Waals surface area contributed by atoms with E-state index in [1.54, 1.807) is 11.3 Å². The van der Waals surface area contributed by atoms with Crippen LogP contribution in [0.3, 0.4) is 0 Å². The van der Waals surface area contributed by atoms with Crippen LogP contribution in [-0.4, -0.2) is 31.1 Å². The maximum atomic E-state index is 4.39. The average Bonchev–Trinajstić information content (AvgIpc) is 2.96. The lowest BCUT2D eigenvalue weighted by Gasteiger charge is -2.27. The minimum absolute atomic E-state index is 0.0394. The van der Waals surface area contributed by atoms with Crippen LogP contribution in [0, 0.1) is 13.8 Å². The van der Waals surface area contributed by atoms with Crippen molar-refractivity contribution in [2.24, 2.45) is 4.99 Å². The number of aromatic nitrogens is 1. The highest BCUT2D eigenvalue weighted by Gasteiger charge is 2.20. The number of aliphatic imine (C=N–C) groups is 1. The molecular formula is C19H28N4S. The van der Waals surface area contributed by atoms with Crippen LogP contribution in [0.5, 0.6) is 0 Å². The largest absolute Gasteiger partial charge is 0.356 e. The highest BCUT2D eigenvalue weighted by Crippen LogP contribution is 2.22. The fourth-order valence-electron chi connectivity index (χ4n) is 2.44. The molecule has 2 aromatic rings. The van der Waals surface area contributed by atoms with Gasteiger partial charge in [0.05, 0.1) is 5.01 Å². The Balaban J connectivity index is 1.82. The average molecular weight is 345 g/mol. The Kier molecular flexibility index (Phi) is 6.37. The quantitative estimate of drug-likeness (QED) is 0.623. The number of hydrogen-bond donors (Lipinski definition) is 2. The summed E-state index contributed by atoms with van der Waals surface area (Å²) in [4.78, 5) is 9.96. The molecule has 5 heteroatoms. The van der Waals surface area contributed by atoms with Crippen molar-refractivity contribution in [2.75, 3.05) is 20.1 Å². The van der Waals surface area contributed by atoms with Gasteiger partial charge >= 0.3 is 0 Å². The lowest BCUT2D eigenvalue weighted by molar-refractivity contribution is 0.508. The summed E-state index contributed by atoms with van der Waals surface area (Å²) in [5.74, 6) is 0.837. The Morgan fingerprint density at radius 3 is 2.46 bits per heavy atom. The lowest BCUT2D eigenvalue weighted by Crippen LogP contribution is -2.44. The van der Waals surface area contributed by atoms with E-state index in [4.69, 9.17) is 0 Å².